The molecule has 0 bridgehead atoms. The molecule has 13 nitrogen and oxygen atoms in total. The average Bonchev–Trinajstić information content (AvgIpc) is 3.59. The molecular formula is C46H46N4O9S. The van der Waals surface area contributed by atoms with Crippen LogP contribution in [-0.2, 0) is 29.7 Å². The number of likely N-dealkylation sites (tertiary alicyclic amines) is 1. The van der Waals surface area contributed by atoms with E-state index in [1.54, 1.807) is 7.11 Å². The Hall–Kier alpha value is -6.09. The van der Waals surface area contributed by atoms with E-state index < -0.39 is 49.0 Å². The summed E-state index contributed by atoms with van der Waals surface area (Å²) in [7, 11) is -2.81. The molecule has 1 fully saturated rings. The van der Waals surface area contributed by atoms with E-state index in [0.717, 1.165) is 58.4 Å². The van der Waals surface area contributed by atoms with Crippen LogP contribution in [0.4, 0.5) is 10.5 Å². The SMILES string of the molecule is COCCCCC1(CNC(=O)C2CC(NS(=O)(=O)c3ccccc3[N+](=O)[O-])CN(C(=O)OCC3c4ccccc4-c4ccccc43)C2)c2ccccc2Oc2ccccc21. The van der Waals surface area contributed by atoms with Gasteiger partial charge in [0.05, 0.1) is 10.8 Å². The number of methoxy groups -OCH3 is 1. The van der Waals surface area contributed by atoms with Crippen LogP contribution in [-0.4, -0.2) is 76.2 Å². The number of nitro groups is 1. The van der Waals surface area contributed by atoms with Crippen LogP contribution in [0.3, 0.4) is 0 Å². The van der Waals surface area contributed by atoms with Crippen molar-refractivity contribution in [3.05, 3.63) is 154 Å². The minimum Gasteiger partial charge on any atom is -0.457 e. The van der Waals surface area contributed by atoms with Crippen molar-refractivity contribution in [3.63, 3.8) is 0 Å². The van der Waals surface area contributed by atoms with Gasteiger partial charge in [-0.2, -0.15) is 0 Å². The number of carbonyl (C=O) groups is 2. The van der Waals surface area contributed by atoms with E-state index in [-0.39, 0.29) is 44.5 Å². The van der Waals surface area contributed by atoms with Gasteiger partial charge in [-0.1, -0.05) is 97.1 Å². The van der Waals surface area contributed by atoms with Crippen molar-refractivity contribution in [2.45, 2.75) is 48.0 Å². The fourth-order valence-electron chi connectivity index (χ4n) is 9.10. The summed E-state index contributed by atoms with van der Waals surface area (Å²) >= 11 is 0. The topological polar surface area (TPSA) is 166 Å². The van der Waals surface area contributed by atoms with Gasteiger partial charge in [0.15, 0.2) is 4.90 Å². The molecule has 0 saturated carbocycles. The summed E-state index contributed by atoms with van der Waals surface area (Å²) in [6.45, 7) is 0.647. The lowest BCUT2D eigenvalue weighted by Crippen LogP contribution is -2.56. The van der Waals surface area contributed by atoms with Crippen molar-refractivity contribution in [1.82, 2.24) is 14.9 Å². The third-order valence-electron chi connectivity index (χ3n) is 11.9. The summed E-state index contributed by atoms with van der Waals surface area (Å²) in [6, 6.07) is 35.6. The molecule has 2 amide bonds. The second kappa shape index (κ2) is 17.3. The first-order valence-corrected chi connectivity index (χ1v) is 21.6. The number of carbonyl (C=O) groups excluding carboxylic acids is 2. The number of piperidine rings is 1. The Labute approximate surface area is 348 Å². The molecule has 2 N–H and O–H groups in total. The molecular weight excluding hydrogens is 785 g/mol. The Balaban J connectivity index is 1.06. The maximum Gasteiger partial charge on any atom is 0.409 e. The number of hydrogen-bond donors (Lipinski definition) is 2. The fourth-order valence-corrected chi connectivity index (χ4v) is 10.5. The number of sulfonamides is 1. The second-order valence-corrected chi connectivity index (χ2v) is 17.2. The van der Waals surface area contributed by atoms with Gasteiger partial charge in [-0.15, -0.1) is 0 Å². The minimum absolute atomic E-state index is 0.0238. The smallest absolute Gasteiger partial charge is 0.409 e. The number of fused-ring (bicyclic) bond motifs is 5. The molecule has 1 saturated heterocycles. The molecule has 0 spiro atoms. The highest BCUT2D eigenvalue weighted by Crippen LogP contribution is 2.50. The molecule has 310 valence electrons. The van der Waals surface area contributed by atoms with E-state index in [2.05, 4.69) is 10.0 Å². The highest BCUT2D eigenvalue weighted by Gasteiger charge is 2.44. The van der Waals surface area contributed by atoms with Crippen molar-refractivity contribution < 1.29 is 37.1 Å². The Morgan fingerprint density at radius 2 is 1.43 bits per heavy atom. The van der Waals surface area contributed by atoms with Crippen LogP contribution < -0.4 is 14.8 Å². The molecule has 8 rings (SSSR count). The number of nitrogens with one attached hydrogen (secondary N) is 2. The quantitative estimate of drug-likeness (QED) is 0.0653. The first kappa shape index (κ1) is 40.7. The minimum atomic E-state index is -4.47. The molecule has 5 aromatic carbocycles. The summed E-state index contributed by atoms with van der Waals surface area (Å²) < 4.78 is 47.9. The zero-order chi connectivity index (χ0) is 41.9. The van der Waals surface area contributed by atoms with Gasteiger partial charge in [0, 0.05) is 67.9 Å². The third kappa shape index (κ3) is 7.97. The van der Waals surface area contributed by atoms with Crippen LogP contribution in [0.5, 0.6) is 11.5 Å². The molecule has 0 aromatic heterocycles. The largest absolute Gasteiger partial charge is 0.457 e. The normalized spacial score (nSPS) is 17.6. The average molecular weight is 831 g/mol. The van der Waals surface area contributed by atoms with Crippen molar-refractivity contribution >= 4 is 27.7 Å². The predicted molar refractivity (Wildman–Crippen MR) is 224 cm³/mol. The van der Waals surface area contributed by atoms with E-state index in [0.29, 0.717) is 24.5 Å². The lowest BCUT2D eigenvalue weighted by atomic mass is 9.69. The summed E-state index contributed by atoms with van der Waals surface area (Å²) in [5.74, 6) is -0.0719. The monoisotopic (exact) mass is 830 g/mol. The van der Waals surface area contributed by atoms with Crippen molar-refractivity contribution in [2.24, 2.45) is 5.92 Å². The summed E-state index contributed by atoms with van der Waals surface area (Å²) in [4.78, 5) is 40.5. The van der Waals surface area contributed by atoms with Gasteiger partial charge in [-0.3, -0.25) is 14.9 Å². The van der Waals surface area contributed by atoms with Crippen molar-refractivity contribution in [1.29, 1.82) is 0 Å². The number of ether oxygens (including phenoxy) is 3. The molecule has 2 atom stereocenters. The van der Waals surface area contributed by atoms with Crippen LogP contribution in [0.1, 0.15) is 53.9 Å². The highest BCUT2D eigenvalue weighted by atomic mass is 32.2. The maximum atomic E-state index is 14.5. The van der Waals surface area contributed by atoms with E-state index in [1.165, 1.54) is 17.0 Å². The van der Waals surface area contributed by atoms with E-state index in [9.17, 15) is 28.1 Å². The number of nitrogens with zero attached hydrogens (tertiary/aromatic N) is 2. The van der Waals surface area contributed by atoms with Crippen LogP contribution in [0.2, 0.25) is 0 Å². The van der Waals surface area contributed by atoms with Gasteiger partial charge >= 0.3 is 6.09 Å². The molecule has 0 radical (unpaired) electrons. The predicted octanol–water partition coefficient (Wildman–Crippen LogP) is 7.54. The fraction of sp³-hybridized carbons (Fsp3) is 0.304. The Bertz CT molecular complexity index is 2440. The van der Waals surface area contributed by atoms with Gasteiger partial charge in [0.2, 0.25) is 15.9 Å². The molecule has 2 aliphatic heterocycles. The summed E-state index contributed by atoms with van der Waals surface area (Å²) in [5.41, 5.74) is 4.80. The Morgan fingerprint density at radius 1 is 0.833 bits per heavy atom. The van der Waals surface area contributed by atoms with Crippen LogP contribution in [0.15, 0.2) is 126 Å². The lowest BCUT2D eigenvalue weighted by molar-refractivity contribution is -0.387. The van der Waals surface area contributed by atoms with Gasteiger partial charge in [-0.25, -0.2) is 17.9 Å². The maximum absolute atomic E-state index is 14.5. The van der Waals surface area contributed by atoms with Crippen molar-refractivity contribution in [2.75, 3.05) is 40.0 Å². The zero-order valence-corrected chi connectivity index (χ0v) is 33.9. The van der Waals surface area contributed by atoms with Gasteiger partial charge in [0.25, 0.3) is 5.69 Å². The van der Waals surface area contributed by atoms with E-state index in [4.69, 9.17) is 14.2 Å². The number of unbranched alkanes of at least 4 members (excludes halogenated alkanes) is 1. The molecule has 3 aliphatic rings. The molecule has 2 unspecified atom stereocenters. The zero-order valence-electron chi connectivity index (χ0n) is 33.1. The number of rotatable bonds is 14. The lowest BCUT2D eigenvalue weighted by Gasteiger charge is -2.41. The van der Waals surface area contributed by atoms with Crippen LogP contribution in [0.25, 0.3) is 11.1 Å². The van der Waals surface area contributed by atoms with Gasteiger partial charge in [0.1, 0.15) is 18.1 Å². The van der Waals surface area contributed by atoms with Gasteiger partial charge < -0.3 is 24.4 Å². The molecule has 60 heavy (non-hydrogen) atoms. The standard InChI is InChI=1S/C46H46N4O9S/c1-57-25-13-12-24-46(38-18-6-9-21-41(38)59-42-22-10-7-19-39(42)46)30-47-44(51)31-26-32(48-60(55,56)43-23-11-8-20-40(43)50(53)54)28-49(27-31)45(52)58-29-37-35-16-4-2-14-33(35)34-15-3-5-17-36(34)37/h2-11,14-23,31-32,37,48H,12-13,24-30H2,1H3,(H,47,51). The summed E-state index contributed by atoms with van der Waals surface area (Å²) in [5, 5.41) is 15.0. The number of para-hydroxylation sites is 3. The first-order chi connectivity index (χ1) is 29.1. The molecule has 14 heteroatoms. The number of hydrogen-bond acceptors (Lipinski definition) is 9. The summed E-state index contributed by atoms with van der Waals surface area (Å²) in [6.07, 6.45) is 1.59. The molecule has 1 aliphatic carbocycles. The second-order valence-electron chi connectivity index (χ2n) is 15.5. The number of benzene rings is 5. The third-order valence-corrected chi connectivity index (χ3v) is 13.4. The molecule has 5 aromatic rings. The van der Waals surface area contributed by atoms with E-state index in [1.807, 2.05) is 97.1 Å². The highest BCUT2D eigenvalue weighted by molar-refractivity contribution is 7.89. The van der Waals surface area contributed by atoms with Crippen LogP contribution >= 0.6 is 0 Å². The van der Waals surface area contributed by atoms with Crippen LogP contribution in [0, 0.1) is 16.0 Å². The first-order valence-electron chi connectivity index (χ1n) is 20.1. The number of nitro benzene ring substituents is 1. The molecule has 2 heterocycles. The van der Waals surface area contributed by atoms with Gasteiger partial charge in [-0.05, 0) is 66.1 Å². The Morgan fingerprint density at radius 3 is 2.08 bits per heavy atom. The van der Waals surface area contributed by atoms with Crippen molar-refractivity contribution in [3.8, 4) is 22.6 Å². The Kier molecular flexibility index (Phi) is 11.7. The van der Waals surface area contributed by atoms with E-state index >= 15 is 0 Å². The number of amides is 2.